The predicted molar refractivity (Wildman–Crippen MR) is 93.7 cm³/mol. The van der Waals surface area contributed by atoms with Crippen molar-refractivity contribution < 1.29 is 9.72 Å². The Morgan fingerprint density at radius 1 is 1.46 bits per heavy atom. The maximum atomic E-state index is 12.1. The SMILES string of the molecule is CCSc1nnc(C)n1NC(=S)NC(=O)c1cccc([N+](=O)[O-])c1. The average Bonchev–Trinajstić information content (AvgIpc) is 2.88. The molecule has 0 fully saturated rings. The number of nitrogens with zero attached hydrogens (tertiary/aromatic N) is 4. The van der Waals surface area contributed by atoms with Crippen molar-refractivity contribution in [3.63, 3.8) is 0 Å². The van der Waals surface area contributed by atoms with E-state index in [2.05, 4.69) is 20.9 Å². The number of nitro groups is 1. The van der Waals surface area contributed by atoms with Crippen molar-refractivity contribution in [3.8, 4) is 0 Å². The number of amides is 1. The van der Waals surface area contributed by atoms with Gasteiger partial charge in [-0.05, 0) is 31.0 Å². The van der Waals surface area contributed by atoms with E-state index in [1.54, 1.807) is 11.6 Å². The monoisotopic (exact) mass is 366 g/mol. The molecule has 24 heavy (non-hydrogen) atoms. The Morgan fingerprint density at radius 3 is 2.88 bits per heavy atom. The standard InChI is InChI=1S/C13H14N6O3S2/c1-3-24-13-16-15-8(2)18(13)17-12(23)14-11(20)9-5-4-6-10(7-9)19(21)22/h4-7H,3H2,1-2H3,(H2,14,17,20,23). The highest BCUT2D eigenvalue weighted by Crippen LogP contribution is 2.15. The second-order valence-electron chi connectivity index (χ2n) is 4.50. The minimum Gasteiger partial charge on any atom is -0.298 e. The maximum Gasteiger partial charge on any atom is 0.270 e. The predicted octanol–water partition coefficient (Wildman–Crippen LogP) is 1.87. The lowest BCUT2D eigenvalue weighted by Gasteiger charge is -2.12. The van der Waals surface area contributed by atoms with Gasteiger partial charge in [0.2, 0.25) is 5.16 Å². The maximum absolute atomic E-state index is 12.1. The molecule has 1 aromatic heterocycles. The van der Waals surface area contributed by atoms with E-state index < -0.39 is 10.8 Å². The Kier molecular flexibility index (Phi) is 5.82. The summed E-state index contributed by atoms with van der Waals surface area (Å²) in [5.74, 6) is 0.830. The first-order valence-corrected chi connectivity index (χ1v) is 8.23. The molecule has 1 aromatic carbocycles. The third-order valence-electron chi connectivity index (χ3n) is 2.83. The molecular weight excluding hydrogens is 352 g/mol. The Hall–Kier alpha value is -2.53. The van der Waals surface area contributed by atoms with Crippen molar-refractivity contribution in [2.24, 2.45) is 0 Å². The lowest BCUT2D eigenvalue weighted by molar-refractivity contribution is -0.384. The van der Waals surface area contributed by atoms with Crippen molar-refractivity contribution in [1.82, 2.24) is 20.2 Å². The molecule has 2 rings (SSSR count). The number of carbonyl (C=O) groups is 1. The zero-order chi connectivity index (χ0) is 17.7. The minimum absolute atomic E-state index is 0.0346. The fraction of sp³-hybridized carbons (Fsp3) is 0.231. The van der Waals surface area contributed by atoms with Gasteiger partial charge < -0.3 is 0 Å². The largest absolute Gasteiger partial charge is 0.298 e. The molecule has 2 aromatic rings. The minimum atomic E-state index is -0.567. The highest BCUT2D eigenvalue weighted by molar-refractivity contribution is 7.99. The molecule has 0 unspecified atom stereocenters. The van der Waals surface area contributed by atoms with E-state index in [1.165, 1.54) is 36.0 Å². The number of thiocarbonyl (C=S) groups is 1. The second kappa shape index (κ2) is 7.84. The summed E-state index contributed by atoms with van der Waals surface area (Å²) in [6.07, 6.45) is 0. The van der Waals surface area contributed by atoms with Crippen LogP contribution in [0.3, 0.4) is 0 Å². The number of rotatable bonds is 5. The normalized spacial score (nSPS) is 10.2. The summed E-state index contributed by atoms with van der Waals surface area (Å²) in [6.45, 7) is 3.71. The van der Waals surface area contributed by atoms with Gasteiger partial charge >= 0.3 is 0 Å². The van der Waals surface area contributed by atoms with Crippen molar-refractivity contribution in [2.45, 2.75) is 19.0 Å². The molecule has 0 aliphatic carbocycles. The van der Waals surface area contributed by atoms with E-state index in [0.29, 0.717) is 11.0 Å². The van der Waals surface area contributed by atoms with Gasteiger partial charge in [-0.15, -0.1) is 10.2 Å². The molecule has 0 saturated heterocycles. The van der Waals surface area contributed by atoms with Crippen LogP contribution >= 0.6 is 24.0 Å². The summed E-state index contributed by atoms with van der Waals surface area (Å²) in [6, 6.07) is 5.39. The number of nitro benzene ring substituents is 1. The smallest absolute Gasteiger partial charge is 0.270 e. The molecule has 0 radical (unpaired) electrons. The molecule has 1 amide bonds. The highest BCUT2D eigenvalue weighted by Gasteiger charge is 2.14. The second-order valence-corrected chi connectivity index (χ2v) is 6.14. The molecule has 9 nitrogen and oxygen atoms in total. The fourth-order valence-corrected chi connectivity index (χ4v) is 2.61. The van der Waals surface area contributed by atoms with Gasteiger partial charge in [-0.25, -0.2) is 4.68 Å². The molecule has 0 spiro atoms. The Morgan fingerprint density at radius 2 is 2.21 bits per heavy atom. The number of nitrogens with one attached hydrogen (secondary N) is 2. The Labute approximate surface area is 147 Å². The van der Waals surface area contributed by atoms with Crippen molar-refractivity contribution in [1.29, 1.82) is 0 Å². The van der Waals surface area contributed by atoms with Gasteiger partial charge in [0.05, 0.1) is 4.92 Å². The average molecular weight is 366 g/mol. The highest BCUT2D eigenvalue weighted by atomic mass is 32.2. The fourth-order valence-electron chi connectivity index (χ4n) is 1.76. The van der Waals surface area contributed by atoms with Crippen LogP contribution in [0.15, 0.2) is 29.4 Å². The molecule has 11 heteroatoms. The van der Waals surface area contributed by atoms with Gasteiger partial charge in [0.25, 0.3) is 11.6 Å². The van der Waals surface area contributed by atoms with Gasteiger partial charge in [0, 0.05) is 17.7 Å². The van der Waals surface area contributed by atoms with Crippen LogP contribution in [-0.4, -0.2) is 36.6 Å². The molecule has 126 valence electrons. The number of aryl methyl sites for hydroxylation is 1. The number of hydrogen-bond donors (Lipinski definition) is 2. The summed E-state index contributed by atoms with van der Waals surface area (Å²) in [5, 5.41) is 21.8. The van der Waals surface area contributed by atoms with Crippen LogP contribution in [0.2, 0.25) is 0 Å². The Balaban J connectivity index is 2.07. The van der Waals surface area contributed by atoms with E-state index in [4.69, 9.17) is 12.2 Å². The van der Waals surface area contributed by atoms with Gasteiger partial charge in [0.15, 0.2) is 5.11 Å². The van der Waals surface area contributed by atoms with Gasteiger partial charge in [-0.2, -0.15) is 0 Å². The van der Waals surface area contributed by atoms with Crippen molar-refractivity contribution in [2.75, 3.05) is 11.2 Å². The van der Waals surface area contributed by atoms with Gasteiger partial charge in [0.1, 0.15) is 5.82 Å². The summed E-state index contributed by atoms with van der Waals surface area (Å²) < 4.78 is 1.56. The number of carbonyl (C=O) groups excluding carboxylic acids is 1. The first-order chi connectivity index (χ1) is 11.4. The van der Waals surface area contributed by atoms with E-state index in [-0.39, 0.29) is 16.4 Å². The van der Waals surface area contributed by atoms with Gasteiger partial charge in [-0.1, -0.05) is 24.8 Å². The number of hydrogen-bond acceptors (Lipinski definition) is 7. The summed E-state index contributed by atoms with van der Waals surface area (Å²) in [7, 11) is 0. The number of aromatic nitrogens is 3. The molecule has 0 aliphatic heterocycles. The zero-order valence-corrected chi connectivity index (χ0v) is 14.5. The third-order valence-corrected chi connectivity index (χ3v) is 3.83. The van der Waals surface area contributed by atoms with E-state index in [0.717, 1.165) is 5.75 Å². The number of non-ortho nitro benzene ring substituents is 1. The lowest BCUT2D eigenvalue weighted by atomic mass is 10.2. The molecule has 0 saturated carbocycles. The van der Waals surface area contributed by atoms with Crippen LogP contribution < -0.4 is 10.7 Å². The van der Waals surface area contributed by atoms with Crippen LogP contribution in [0.25, 0.3) is 0 Å². The van der Waals surface area contributed by atoms with E-state index in [1.807, 2.05) is 6.92 Å². The van der Waals surface area contributed by atoms with Gasteiger partial charge in [-0.3, -0.25) is 25.7 Å². The van der Waals surface area contributed by atoms with Crippen molar-refractivity contribution >= 4 is 40.7 Å². The lowest BCUT2D eigenvalue weighted by Crippen LogP contribution is -2.38. The van der Waals surface area contributed by atoms with E-state index in [9.17, 15) is 14.9 Å². The van der Waals surface area contributed by atoms with E-state index >= 15 is 0 Å². The summed E-state index contributed by atoms with van der Waals surface area (Å²) in [5.41, 5.74) is 2.79. The Bertz CT molecular complexity index is 792. The van der Waals surface area contributed by atoms with Crippen LogP contribution in [0, 0.1) is 17.0 Å². The topological polar surface area (TPSA) is 115 Å². The third kappa shape index (κ3) is 4.26. The first-order valence-electron chi connectivity index (χ1n) is 6.84. The quantitative estimate of drug-likeness (QED) is 0.357. The molecule has 0 bridgehead atoms. The molecule has 2 N–H and O–H groups in total. The zero-order valence-electron chi connectivity index (χ0n) is 12.8. The number of thioether (sulfide) groups is 1. The molecule has 0 atom stereocenters. The number of benzene rings is 1. The first kappa shape index (κ1) is 17.8. The summed E-state index contributed by atoms with van der Waals surface area (Å²) >= 11 is 6.57. The summed E-state index contributed by atoms with van der Waals surface area (Å²) in [4.78, 5) is 22.3. The van der Waals surface area contributed by atoms with Crippen LogP contribution in [0.4, 0.5) is 5.69 Å². The van der Waals surface area contributed by atoms with Crippen molar-refractivity contribution in [3.05, 3.63) is 45.8 Å². The van der Waals surface area contributed by atoms with Crippen LogP contribution in [0.5, 0.6) is 0 Å². The molecular formula is C13H14N6O3S2. The van der Waals surface area contributed by atoms with Crippen LogP contribution in [0.1, 0.15) is 23.1 Å². The molecule has 1 heterocycles. The molecule has 0 aliphatic rings. The van der Waals surface area contributed by atoms with Crippen LogP contribution in [-0.2, 0) is 0 Å².